The molecule has 0 N–H and O–H groups in total. The van der Waals surface area contributed by atoms with Gasteiger partial charge in [0.2, 0.25) is 0 Å². The van der Waals surface area contributed by atoms with E-state index in [-0.39, 0.29) is 0 Å². The molecular weight excluding hydrogens is 180 g/mol. The van der Waals surface area contributed by atoms with E-state index in [0.29, 0.717) is 0 Å². The van der Waals surface area contributed by atoms with Crippen LogP contribution in [0.25, 0.3) is 5.57 Å². The summed E-state index contributed by atoms with van der Waals surface area (Å²) in [5.41, 5.74) is 3.49. The Balaban J connectivity index is 2.75. The topological polar surface area (TPSA) is 0 Å². The van der Waals surface area contributed by atoms with Crippen LogP contribution in [-0.2, 0) is 0 Å². The van der Waals surface area contributed by atoms with E-state index in [4.69, 9.17) is 0 Å². The Morgan fingerprint density at radius 2 is 1.93 bits per heavy atom. The molecule has 15 heavy (non-hydrogen) atoms. The lowest BCUT2D eigenvalue weighted by Gasteiger charge is -2.00. The monoisotopic (exact) mass is 198 g/mol. The third-order valence-electron chi connectivity index (χ3n) is 2.16. The highest BCUT2D eigenvalue weighted by molar-refractivity contribution is 5.72. The van der Waals surface area contributed by atoms with Gasteiger partial charge >= 0.3 is 0 Å². The molecule has 0 aromatic heterocycles. The van der Waals surface area contributed by atoms with Gasteiger partial charge in [-0.2, -0.15) is 0 Å². The Morgan fingerprint density at radius 1 is 1.27 bits per heavy atom. The van der Waals surface area contributed by atoms with E-state index in [2.05, 4.69) is 50.8 Å². The molecule has 0 bridgehead atoms. The van der Waals surface area contributed by atoms with Crippen molar-refractivity contribution in [2.45, 2.75) is 20.3 Å². The lowest BCUT2D eigenvalue weighted by molar-refractivity contribution is 1.22. The molecule has 0 nitrogen and oxygen atoms in total. The van der Waals surface area contributed by atoms with Crippen LogP contribution in [0.5, 0.6) is 0 Å². The third kappa shape index (κ3) is 3.99. The lowest BCUT2D eigenvalue weighted by Crippen LogP contribution is -1.79. The van der Waals surface area contributed by atoms with E-state index in [0.717, 1.165) is 12.0 Å². The van der Waals surface area contributed by atoms with Gasteiger partial charge in [0.05, 0.1) is 0 Å². The minimum atomic E-state index is 1.06. The molecule has 1 aromatic carbocycles. The molecule has 1 aromatic rings. The average molecular weight is 198 g/mol. The van der Waals surface area contributed by atoms with E-state index < -0.39 is 0 Å². The quantitative estimate of drug-likeness (QED) is 0.620. The van der Waals surface area contributed by atoms with Crippen LogP contribution in [0.2, 0.25) is 0 Å². The zero-order chi connectivity index (χ0) is 11.1. The Labute approximate surface area is 92.6 Å². The Kier molecular flexibility index (Phi) is 4.62. The molecular formula is C15H18. The molecule has 0 amide bonds. The molecule has 0 aliphatic rings. The first kappa shape index (κ1) is 11.5. The zero-order valence-electron chi connectivity index (χ0n) is 9.53. The number of hydrogen-bond donors (Lipinski definition) is 0. The largest absolute Gasteiger partial charge is 0.0912 e. The fourth-order valence-corrected chi connectivity index (χ4v) is 1.36. The van der Waals surface area contributed by atoms with Crippen LogP contribution in [0.4, 0.5) is 0 Å². The molecule has 0 aliphatic carbocycles. The maximum atomic E-state index is 4.06. The number of benzene rings is 1. The molecule has 0 spiro atoms. The summed E-state index contributed by atoms with van der Waals surface area (Å²) in [6.45, 7) is 8.29. The molecule has 0 fully saturated rings. The maximum absolute atomic E-state index is 4.06. The Bertz CT molecular complexity index is 366. The summed E-state index contributed by atoms with van der Waals surface area (Å²) in [4.78, 5) is 0. The molecule has 0 aliphatic heterocycles. The Hall–Kier alpha value is -1.56. The van der Waals surface area contributed by atoms with Crippen molar-refractivity contribution < 1.29 is 0 Å². The summed E-state index contributed by atoms with van der Waals surface area (Å²) < 4.78 is 0. The first-order valence-electron chi connectivity index (χ1n) is 5.33. The summed E-state index contributed by atoms with van der Waals surface area (Å²) in [5, 5.41) is 0. The molecule has 0 saturated carbocycles. The highest BCUT2D eigenvalue weighted by Gasteiger charge is 1.93. The van der Waals surface area contributed by atoms with Crippen molar-refractivity contribution >= 4 is 5.57 Å². The SMILES string of the molecule is C=C(/C=C(C)\C=C/CC)c1ccccc1. The van der Waals surface area contributed by atoms with E-state index in [1.165, 1.54) is 11.1 Å². The molecule has 1 rings (SSSR count). The van der Waals surface area contributed by atoms with Gasteiger partial charge in [0.15, 0.2) is 0 Å². The van der Waals surface area contributed by atoms with Crippen LogP contribution in [0.1, 0.15) is 25.8 Å². The molecule has 0 heterocycles. The van der Waals surface area contributed by atoms with Crippen LogP contribution in [0.15, 0.2) is 60.7 Å². The molecule has 0 atom stereocenters. The van der Waals surface area contributed by atoms with E-state index in [1.807, 2.05) is 18.2 Å². The first-order valence-corrected chi connectivity index (χ1v) is 5.33. The zero-order valence-corrected chi connectivity index (χ0v) is 9.53. The fourth-order valence-electron chi connectivity index (χ4n) is 1.36. The molecule has 0 saturated heterocycles. The molecule has 78 valence electrons. The standard InChI is InChI=1S/C15H18/c1-4-5-9-13(2)12-14(3)15-10-7-6-8-11-15/h5-12H,3-4H2,1-2H3/b9-5-,13-12-. The van der Waals surface area contributed by atoms with Gasteiger partial charge in [-0.15, -0.1) is 0 Å². The van der Waals surface area contributed by atoms with E-state index in [9.17, 15) is 0 Å². The summed E-state index contributed by atoms with van der Waals surface area (Å²) in [6, 6.07) is 10.2. The van der Waals surface area contributed by atoms with Crippen LogP contribution in [-0.4, -0.2) is 0 Å². The van der Waals surface area contributed by atoms with Gasteiger partial charge < -0.3 is 0 Å². The van der Waals surface area contributed by atoms with Gasteiger partial charge in [0.25, 0.3) is 0 Å². The van der Waals surface area contributed by atoms with E-state index >= 15 is 0 Å². The van der Waals surface area contributed by atoms with Crippen LogP contribution in [0, 0.1) is 0 Å². The Morgan fingerprint density at radius 3 is 2.53 bits per heavy atom. The van der Waals surface area contributed by atoms with Gasteiger partial charge in [-0.3, -0.25) is 0 Å². The fraction of sp³-hybridized carbons (Fsp3) is 0.200. The van der Waals surface area contributed by atoms with Gasteiger partial charge in [0, 0.05) is 0 Å². The normalized spacial score (nSPS) is 12.0. The van der Waals surface area contributed by atoms with Crippen LogP contribution < -0.4 is 0 Å². The van der Waals surface area contributed by atoms with Gasteiger partial charge in [-0.05, 0) is 24.5 Å². The summed E-state index contributed by atoms with van der Waals surface area (Å²) in [7, 11) is 0. The van der Waals surface area contributed by atoms with Crippen LogP contribution >= 0.6 is 0 Å². The van der Waals surface area contributed by atoms with Gasteiger partial charge in [-0.25, -0.2) is 0 Å². The van der Waals surface area contributed by atoms with Gasteiger partial charge in [-0.1, -0.05) is 67.6 Å². The first-order chi connectivity index (χ1) is 7.24. The van der Waals surface area contributed by atoms with Crippen molar-refractivity contribution in [3.8, 4) is 0 Å². The van der Waals surface area contributed by atoms with Crippen LogP contribution in [0.3, 0.4) is 0 Å². The minimum absolute atomic E-state index is 1.06. The average Bonchev–Trinajstić information content (AvgIpc) is 2.27. The van der Waals surface area contributed by atoms with Crippen molar-refractivity contribution in [1.82, 2.24) is 0 Å². The number of hydrogen-bond acceptors (Lipinski definition) is 0. The smallest absolute Gasteiger partial charge is 0.0190 e. The maximum Gasteiger partial charge on any atom is -0.0190 e. The van der Waals surface area contributed by atoms with Crippen molar-refractivity contribution in [3.63, 3.8) is 0 Å². The highest BCUT2D eigenvalue weighted by atomic mass is 14.0. The van der Waals surface area contributed by atoms with Crippen molar-refractivity contribution in [1.29, 1.82) is 0 Å². The second-order valence-corrected chi connectivity index (χ2v) is 3.59. The summed E-state index contributed by atoms with van der Waals surface area (Å²) in [5.74, 6) is 0. The lowest BCUT2D eigenvalue weighted by atomic mass is 10.1. The summed E-state index contributed by atoms with van der Waals surface area (Å²) >= 11 is 0. The van der Waals surface area contributed by atoms with Gasteiger partial charge in [0.1, 0.15) is 0 Å². The second kappa shape index (κ2) is 6.02. The second-order valence-electron chi connectivity index (χ2n) is 3.59. The predicted molar refractivity (Wildman–Crippen MR) is 68.7 cm³/mol. The van der Waals surface area contributed by atoms with E-state index in [1.54, 1.807) is 0 Å². The summed E-state index contributed by atoms with van der Waals surface area (Å²) in [6.07, 6.45) is 7.47. The minimum Gasteiger partial charge on any atom is -0.0912 e. The highest BCUT2D eigenvalue weighted by Crippen LogP contribution is 2.15. The number of allylic oxidation sites excluding steroid dienone is 5. The molecule has 0 radical (unpaired) electrons. The van der Waals surface area contributed by atoms with Crippen molar-refractivity contribution in [2.75, 3.05) is 0 Å². The molecule has 0 heteroatoms. The van der Waals surface area contributed by atoms with Crippen molar-refractivity contribution in [3.05, 3.63) is 66.3 Å². The number of rotatable bonds is 4. The predicted octanol–water partition coefficient (Wildman–Crippen LogP) is 4.61. The third-order valence-corrected chi connectivity index (χ3v) is 2.16. The van der Waals surface area contributed by atoms with Crippen molar-refractivity contribution in [2.24, 2.45) is 0 Å². The molecule has 0 unspecified atom stereocenters.